The minimum atomic E-state index is 0.332. The van der Waals surface area contributed by atoms with E-state index in [-0.39, 0.29) is 0 Å². The van der Waals surface area contributed by atoms with Crippen LogP contribution in [0.1, 0.15) is 25.7 Å². The predicted octanol–water partition coefficient (Wildman–Crippen LogP) is 2.92. The fourth-order valence-electron chi connectivity index (χ4n) is 2.31. The first-order valence-corrected chi connectivity index (χ1v) is 6.82. The van der Waals surface area contributed by atoms with Gasteiger partial charge in [0.2, 0.25) is 0 Å². The van der Waals surface area contributed by atoms with Crippen LogP contribution in [0.25, 0.3) is 0 Å². The fraction of sp³-hybridized carbons (Fsp3) is 0.600. The summed E-state index contributed by atoms with van der Waals surface area (Å²) < 4.78 is 21.1. The number of methoxy groups -OCH3 is 1. The van der Waals surface area contributed by atoms with Crippen molar-refractivity contribution in [2.75, 3.05) is 33.7 Å². The first-order chi connectivity index (χ1) is 9.42. The monoisotopic (exact) mass is 266 g/mol. The first-order valence-electron chi connectivity index (χ1n) is 6.82. The molecule has 4 nitrogen and oxygen atoms in total. The maximum Gasteiger partial charge on any atom is 0.157 e. The summed E-state index contributed by atoms with van der Waals surface area (Å²) in [6.45, 7) is 2.19. The topological polar surface area (TPSA) is 36.9 Å². The van der Waals surface area contributed by atoms with Crippen molar-refractivity contribution in [3.63, 3.8) is 0 Å². The third-order valence-electron chi connectivity index (χ3n) is 3.19. The van der Waals surface area contributed by atoms with E-state index in [1.54, 1.807) is 13.4 Å². The van der Waals surface area contributed by atoms with Gasteiger partial charge in [0.15, 0.2) is 5.76 Å². The maximum atomic E-state index is 5.69. The maximum absolute atomic E-state index is 5.69. The van der Waals surface area contributed by atoms with E-state index in [4.69, 9.17) is 18.9 Å². The molecule has 0 aromatic rings. The Labute approximate surface area is 114 Å². The van der Waals surface area contributed by atoms with Crippen molar-refractivity contribution in [3.8, 4) is 0 Å². The molecule has 0 unspecified atom stereocenters. The van der Waals surface area contributed by atoms with Crippen molar-refractivity contribution in [3.05, 3.63) is 35.3 Å². The number of ether oxygens (including phenoxy) is 4. The summed E-state index contributed by atoms with van der Waals surface area (Å²) in [6.07, 6.45) is 10.5. The van der Waals surface area contributed by atoms with Crippen molar-refractivity contribution in [2.45, 2.75) is 25.7 Å². The molecule has 0 radical (unpaired) electrons. The van der Waals surface area contributed by atoms with Crippen LogP contribution in [0, 0.1) is 0 Å². The molecular weight excluding hydrogens is 244 g/mol. The standard InChI is InChI=1S/C15H22O4/c1-16-12-18-8-4-6-13-5-2-3-7-14(13)15-11-17-9-10-19-15/h4,6,11H,2-3,5,7-10,12H2,1H3/b6-4+. The molecule has 1 aliphatic heterocycles. The van der Waals surface area contributed by atoms with Crippen LogP contribution < -0.4 is 0 Å². The molecule has 19 heavy (non-hydrogen) atoms. The summed E-state index contributed by atoms with van der Waals surface area (Å²) in [5.74, 6) is 0.906. The highest BCUT2D eigenvalue weighted by atomic mass is 16.7. The zero-order valence-electron chi connectivity index (χ0n) is 11.5. The second-order valence-corrected chi connectivity index (χ2v) is 4.59. The minimum Gasteiger partial charge on any atom is -0.494 e. The molecule has 0 aromatic carbocycles. The summed E-state index contributed by atoms with van der Waals surface area (Å²) in [4.78, 5) is 0. The largest absolute Gasteiger partial charge is 0.494 e. The summed E-state index contributed by atoms with van der Waals surface area (Å²) in [5.41, 5.74) is 2.62. The van der Waals surface area contributed by atoms with Crippen LogP contribution in [0.5, 0.6) is 0 Å². The number of hydrogen-bond acceptors (Lipinski definition) is 4. The van der Waals surface area contributed by atoms with Crippen LogP contribution in [-0.4, -0.2) is 33.7 Å². The smallest absolute Gasteiger partial charge is 0.157 e. The van der Waals surface area contributed by atoms with Gasteiger partial charge in [0, 0.05) is 12.7 Å². The lowest BCUT2D eigenvalue weighted by Gasteiger charge is -2.23. The van der Waals surface area contributed by atoms with Crippen molar-refractivity contribution >= 4 is 0 Å². The molecule has 0 aromatic heterocycles. The molecule has 0 N–H and O–H groups in total. The van der Waals surface area contributed by atoms with Crippen molar-refractivity contribution in [1.82, 2.24) is 0 Å². The fourth-order valence-corrected chi connectivity index (χ4v) is 2.31. The Hall–Kier alpha value is -1.26. The van der Waals surface area contributed by atoms with Gasteiger partial charge in [-0.25, -0.2) is 0 Å². The average molecular weight is 266 g/mol. The molecule has 0 saturated carbocycles. The lowest BCUT2D eigenvalue weighted by atomic mass is 9.90. The van der Waals surface area contributed by atoms with E-state index < -0.39 is 0 Å². The molecule has 1 heterocycles. The third-order valence-corrected chi connectivity index (χ3v) is 3.19. The Balaban J connectivity index is 2.00. The summed E-state index contributed by atoms with van der Waals surface area (Å²) in [7, 11) is 1.62. The SMILES string of the molecule is COCOC/C=C/C1=C(C2=COCCO2)CCCC1. The second-order valence-electron chi connectivity index (χ2n) is 4.59. The Morgan fingerprint density at radius 2 is 2.16 bits per heavy atom. The van der Waals surface area contributed by atoms with E-state index >= 15 is 0 Å². The van der Waals surface area contributed by atoms with Gasteiger partial charge in [0.1, 0.15) is 26.3 Å². The highest BCUT2D eigenvalue weighted by molar-refractivity contribution is 5.38. The van der Waals surface area contributed by atoms with Crippen LogP contribution >= 0.6 is 0 Å². The number of rotatable bonds is 6. The molecule has 2 rings (SSSR count). The molecule has 0 saturated heterocycles. The molecular formula is C15H22O4. The van der Waals surface area contributed by atoms with E-state index in [2.05, 4.69) is 6.08 Å². The number of hydrogen-bond donors (Lipinski definition) is 0. The molecule has 106 valence electrons. The van der Waals surface area contributed by atoms with Crippen molar-refractivity contribution < 1.29 is 18.9 Å². The van der Waals surface area contributed by atoms with Crippen LogP contribution in [0.4, 0.5) is 0 Å². The van der Waals surface area contributed by atoms with Gasteiger partial charge in [-0.1, -0.05) is 12.2 Å². The zero-order valence-corrected chi connectivity index (χ0v) is 11.5. The summed E-state index contributed by atoms with van der Waals surface area (Å²) in [5, 5.41) is 0. The molecule has 1 aliphatic carbocycles. The van der Waals surface area contributed by atoms with Crippen molar-refractivity contribution in [2.24, 2.45) is 0 Å². The van der Waals surface area contributed by atoms with E-state index in [9.17, 15) is 0 Å². The first kappa shape index (κ1) is 14.2. The van der Waals surface area contributed by atoms with Gasteiger partial charge in [0.05, 0.1) is 6.61 Å². The Morgan fingerprint density at radius 3 is 2.95 bits per heavy atom. The second kappa shape index (κ2) is 8.02. The molecule has 0 spiro atoms. The molecule has 0 amide bonds. The van der Waals surface area contributed by atoms with Crippen LogP contribution in [0.3, 0.4) is 0 Å². The third kappa shape index (κ3) is 4.40. The Bertz CT molecular complexity index is 368. The quantitative estimate of drug-likeness (QED) is 0.547. The molecule has 4 heteroatoms. The Kier molecular flexibility index (Phi) is 5.98. The highest BCUT2D eigenvalue weighted by Crippen LogP contribution is 2.32. The van der Waals surface area contributed by atoms with Gasteiger partial charge in [-0.2, -0.15) is 0 Å². The predicted molar refractivity (Wildman–Crippen MR) is 72.4 cm³/mol. The highest BCUT2D eigenvalue weighted by Gasteiger charge is 2.18. The van der Waals surface area contributed by atoms with Gasteiger partial charge in [-0.3, -0.25) is 0 Å². The van der Waals surface area contributed by atoms with E-state index in [0.29, 0.717) is 26.6 Å². The van der Waals surface area contributed by atoms with E-state index in [1.165, 1.54) is 24.0 Å². The van der Waals surface area contributed by atoms with Gasteiger partial charge in [0.25, 0.3) is 0 Å². The molecule has 0 bridgehead atoms. The summed E-state index contributed by atoms with van der Waals surface area (Å²) >= 11 is 0. The van der Waals surface area contributed by atoms with E-state index in [0.717, 1.165) is 18.6 Å². The van der Waals surface area contributed by atoms with Crippen LogP contribution in [0.2, 0.25) is 0 Å². The summed E-state index contributed by atoms with van der Waals surface area (Å²) in [6, 6.07) is 0. The van der Waals surface area contributed by atoms with Crippen LogP contribution in [-0.2, 0) is 18.9 Å². The Morgan fingerprint density at radius 1 is 1.26 bits per heavy atom. The van der Waals surface area contributed by atoms with Gasteiger partial charge in [-0.05, 0) is 31.3 Å². The molecule has 0 atom stereocenters. The van der Waals surface area contributed by atoms with E-state index in [1.807, 2.05) is 6.08 Å². The molecule has 0 fully saturated rings. The lowest BCUT2D eigenvalue weighted by Crippen LogP contribution is -2.12. The lowest BCUT2D eigenvalue weighted by molar-refractivity contribution is -0.0186. The normalized spacial score (nSPS) is 20.2. The minimum absolute atomic E-state index is 0.332. The van der Waals surface area contributed by atoms with Gasteiger partial charge in [-0.15, -0.1) is 0 Å². The zero-order chi connectivity index (χ0) is 13.3. The average Bonchev–Trinajstić information content (AvgIpc) is 2.48. The molecule has 2 aliphatic rings. The van der Waals surface area contributed by atoms with Gasteiger partial charge < -0.3 is 18.9 Å². The van der Waals surface area contributed by atoms with Crippen molar-refractivity contribution in [1.29, 1.82) is 0 Å². The van der Waals surface area contributed by atoms with Crippen LogP contribution in [0.15, 0.2) is 35.3 Å². The number of allylic oxidation sites excluding steroid dienone is 3. The van der Waals surface area contributed by atoms with Gasteiger partial charge >= 0.3 is 0 Å².